The second kappa shape index (κ2) is 6.82. The minimum absolute atomic E-state index is 0.0454. The van der Waals surface area contributed by atoms with Gasteiger partial charge in [0.05, 0.1) is 30.5 Å². The highest BCUT2D eigenvalue weighted by molar-refractivity contribution is 7.09. The first-order valence-electron chi connectivity index (χ1n) is 6.29. The van der Waals surface area contributed by atoms with Crippen molar-refractivity contribution in [3.05, 3.63) is 16.1 Å². The zero-order valence-electron chi connectivity index (χ0n) is 10.6. The summed E-state index contributed by atoms with van der Waals surface area (Å²) >= 11 is 1.64. The van der Waals surface area contributed by atoms with Crippen LogP contribution in [0.1, 0.15) is 24.0 Å². The molecule has 2 rings (SSSR count). The van der Waals surface area contributed by atoms with E-state index in [1.165, 1.54) is 0 Å². The van der Waals surface area contributed by atoms with E-state index in [0.29, 0.717) is 19.6 Å². The van der Waals surface area contributed by atoms with Gasteiger partial charge in [0.1, 0.15) is 0 Å². The van der Waals surface area contributed by atoms with E-state index in [2.05, 4.69) is 22.5 Å². The quantitative estimate of drug-likeness (QED) is 0.826. The molecule has 18 heavy (non-hydrogen) atoms. The van der Waals surface area contributed by atoms with Gasteiger partial charge in [-0.2, -0.15) is 0 Å². The molecule has 2 heterocycles. The average molecular weight is 269 g/mol. The lowest BCUT2D eigenvalue weighted by atomic mass is 10.2. The summed E-state index contributed by atoms with van der Waals surface area (Å²) in [5, 5.41) is 9.27. The standard InChI is InChI=1S/C12H19N3O2S/c1-2-12-15-10(8-18-12)6-14-11(16)5-9-7-17-4-3-13-9/h8-9,13H,2-7H2,1H3,(H,14,16). The molecular weight excluding hydrogens is 250 g/mol. The molecule has 2 N–H and O–H groups in total. The number of rotatable bonds is 5. The third-order valence-electron chi connectivity index (χ3n) is 2.80. The first-order valence-corrected chi connectivity index (χ1v) is 7.17. The molecule has 0 aromatic carbocycles. The lowest BCUT2D eigenvalue weighted by Crippen LogP contribution is -2.44. The van der Waals surface area contributed by atoms with Crippen molar-refractivity contribution in [3.63, 3.8) is 0 Å². The first-order chi connectivity index (χ1) is 8.78. The summed E-state index contributed by atoms with van der Waals surface area (Å²) in [7, 11) is 0. The number of nitrogens with zero attached hydrogens (tertiary/aromatic N) is 1. The van der Waals surface area contributed by atoms with Gasteiger partial charge < -0.3 is 15.4 Å². The number of hydrogen-bond donors (Lipinski definition) is 2. The highest BCUT2D eigenvalue weighted by Crippen LogP contribution is 2.09. The minimum atomic E-state index is 0.0454. The molecule has 1 atom stereocenters. The monoisotopic (exact) mass is 269 g/mol. The number of morpholine rings is 1. The van der Waals surface area contributed by atoms with Crippen molar-refractivity contribution < 1.29 is 9.53 Å². The van der Waals surface area contributed by atoms with Crippen molar-refractivity contribution in [2.75, 3.05) is 19.8 Å². The van der Waals surface area contributed by atoms with Crippen LogP contribution >= 0.6 is 11.3 Å². The van der Waals surface area contributed by atoms with Crippen LogP contribution < -0.4 is 10.6 Å². The Morgan fingerprint density at radius 1 is 1.72 bits per heavy atom. The van der Waals surface area contributed by atoms with Crippen molar-refractivity contribution in [1.29, 1.82) is 0 Å². The molecule has 100 valence electrons. The van der Waals surface area contributed by atoms with Gasteiger partial charge in [0.15, 0.2) is 0 Å². The molecule has 6 heteroatoms. The SMILES string of the molecule is CCc1nc(CNC(=O)CC2COCCN2)cs1. The summed E-state index contributed by atoms with van der Waals surface area (Å²) in [6.45, 7) is 4.77. The second-order valence-electron chi connectivity index (χ2n) is 4.29. The minimum Gasteiger partial charge on any atom is -0.378 e. The Labute approximate surface area is 111 Å². The molecular formula is C12H19N3O2S. The van der Waals surface area contributed by atoms with Crippen molar-refractivity contribution in [3.8, 4) is 0 Å². The fourth-order valence-corrected chi connectivity index (χ4v) is 2.57. The molecule has 1 amide bonds. The smallest absolute Gasteiger partial charge is 0.221 e. The van der Waals surface area contributed by atoms with Gasteiger partial charge in [0, 0.05) is 24.4 Å². The Kier molecular flexibility index (Phi) is 5.10. The topological polar surface area (TPSA) is 63.2 Å². The summed E-state index contributed by atoms with van der Waals surface area (Å²) in [5.74, 6) is 0.0454. The summed E-state index contributed by atoms with van der Waals surface area (Å²) in [6, 6.07) is 0.139. The van der Waals surface area contributed by atoms with E-state index in [1.54, 1.807) is 11.3 Å². The highest BCUT2D eigenvalue weighted by atomic mass is 32.1. The molecule has 0 bridgehead atoms. The zero-order chi connectivity index (χ0) is 12.8. The molecule has 1 aliphatic heterocycles. The van der Waals surface area contributed by atoms with Crippen LogP contribution in [0.2, 0.25) is 0 Å². The summed E-state index contributed by atoms with van der Waals surface area (Å²) in [5.41, 5.74) is 0.943. The fraction of sp³-hybridized carbons (Fsp3) is 0.667. The van der Waals surface area contributed by atoms with Crippen LogP contribution in [0.5, 0.6) is 0 Å². The number of amides is 1. The largest absolute Gasteiger partial charge is 0.378 e. The van der Waals surface area contributed by atoms with Crippen molar-refractivity contribution in [1.82, 2.24) is 15.6 Å². The van der Waals surface area contributed by atoms with Gasteiger partial charge in [-0.15, -0.1) is 11.3 Å². The van der Waals surface area contributed by atoms with Gasteiger partial charge in [-0.05, 0) is 6.42 Å². The number of carbonyl (C=O) groups excluding carboxylic acids is 1. The van der Waals surface area contributed by atoms with Gasteiger partial charge >= 0.3 is 0 Å². The molecule has 0 spiro atoms. The number of nitrogens with one attached hydrogen (secondary N) is 2. The average Bonchev–Trinajstić information content (AvgIpc) is 2.85. The van der Waals surface area contributed by atoms with Crippen molar-refractivity contribution >= 4 is 17.2 Å². The number of carbonyl (C=O) groups is 1. The predicted octanol–water partition coefficient (Wildman–Crippen LogP) is 0.700. The number of thiazole rings is 1. The van der Waals surface area contributed by atoms with Crippen LogP contribution in [0.4, 0.5) is 0 Å². The van der Waals surface area contributed by atoms with Gasteiger partial charge in [-0.1, -0.05) is 6.92 Å². The Balaban J connectivity index is 1.70. The zero-order valence-corrected chi connectivity index (χ0v) is 11.4. The van der Waals surface area contributed by atoms with E-state index in [-0.39, 0.29) is 11.9 Å². The van der Waals surface area contributed by atoms with Crippen LogP contribution in [0, 0.1) is 0 Å². The number of aryl methyl sites for hydroxylation is 1. The second-order valence-corrected chi connectivity index (χ2v) is 5.24. The maximum Gasteiger partial charge on any atom is 0.221 e. The Morgan fingerprint density at radius 3 is 3.28 bits per heavy atom. The van der Waals surface area contributed by atoms with E-state index < -0.39 is 0 Å². The molecule has 1 aromatic heterocycles. The Bertz CT molecular complexity index is 388. The summed E-state index contributed by atoms with van der Waals surface area (Å²) in [4.78, 5) is 16.1. The highest BCUT2D eigenvalue weighted by Gasteiger charge is 2.16. The van der Waals surface area contributed by atoms with E-state index >= 15 is 0 Å². The van der Waals surface area contributed by atoms with Gasteiger partial charge in [0.25, 0.3) is 0 Å². The van der Waals surface area contributed by atoms with Crippen LogP contribution in [-0.2, 0) is 22.5 Å². The molecule has 1 unspecified atom stereocenters. The molecule has 0 radical (unpaired) electrons. The predicted molar refractivity (Wildman–Crippen MR) is 70.6 cm³/mol. The van der Waals surface area contributed by atoms with Gasteiger partial charge in [-0.3, -0.25) is 4.79 Å². The van der Waals surface area contributed by atoms with E-state index in [1.807, 2.05) is 5.38 Å². The normalized spacial score (nSPS) is 19.7. The van der Waals surface area contributed by atoms with Gasteiger partial charge in [-0.25, -0.2) is 4.98 Å². The maximum atomic E-state index is 11.7. The summed E-state index contributed by atoms with van der Waals surface area (Å²) < 4.78 is 5.31. The fourth-order valence-electron chi connectivity index (χ4n) is 1.83. The van der Waals surface area contributed by atoms with E-state index in [9.17, 15) is 4.79 Å². The number of ether oxygens (including phenoxy) is 1. The summed E-state index contributed by atoms with van der Waals surface area (Å²) in [6.07, 6.45) is 1.41. The van der Waals surface area contributed by atoms with Crippen LogP contribution in [0.15, 0.2) is 5.38 Å². The van der Waals surface area contributed by atoms with Crippen molar-refractivity contribution in [2.24, 2.45) is 0 Å². The molecule has 0 saturated carbocycles. The first kappa shape index (κ1) is 13.5. The van der Waals surface area contributed by atoms with Crippen molar-refractivity contribution in [2.45, 2.75) is 32.4 Å². The Morgan fingerprint density at radius 2 is 2.61 bits per heavy atom. The Hall–Kier alpha value is -0.980. The van der Waals surface area contributed by atoms with Gasteiger partial charge in [0.2, 0.25) is 5.91 Å². The molecule has 1 aromatic rings. The molecule has 1 aliphatic rings. The van der Waals surface area contributed by atoms with Crippen LogP contribution in [-0.4, -0.2) is 36.7 Å². The van der Waals surface area contributed by atoms with Crippen LogP contribution in [0.3, 0.4) is 0 Å². The third kappa shape index (κ3) is 4.04. The maximum absolute atomic E-state index is 11.7. The lowest BCUT2D eigenvalue weighted by molar-refractivity contribution is -0.122. The number of hydrogen-bond acceptors (Lipinski definition) is 5. The third-order valence-corrected chi connectivity index (χ3v) is 3.84. The molecule has 1 fully saturated rings. The van der Waals surface area contributed by atoms with E-state index in [0.717, 1.165) is 30.3 Å². The lowest BCUT2D eigenvalue weighted by Gasteiger charge is -2.23. The number of aromatic nitrogens is 1. The molecule has 1 saturated heterocycles. The molecule has 0 aliphatic carbocycles. The van der Waals surface area contributed by atoms with Crippen LogP contribution in [0.25, 0.3) is 0 Å². The molecule has 5 nitrogen and oxygen atoms in total. The van der Waals surface area contributed by atoms with E-state index in [4.69, 9.17) is 4.74 Å².